The zero-order valence-electron chi connectivity index (χ0n) is 18.3. The SMILES string of the molecule is CCCCc1c(CF)n(C(=O)CC)c(=O)n1Cc1ccc(-c2ccccc2C(=O)O)cc1. The lowest BCUT2D eigenvalue weighted by Gasteiger charge is -2.10. The average Bonchev–Trinajstić information content (AvgIpc) is 3.08. The smallest absolute Gasteiger partial charge is 0.336 e. The van der Waals surface area contributed by atoms with Gasteiger partial charge in [0.25, 0.3) is 0 Å². The lowest BCUT2D eigenvalue weighted by molar-refractivity contribution is 0.0697. The summed E-state index contributed by atoms with van der Waals surface area (Å²) in [6.07, 6.45) is 2.28. The van der Waals surface area contributed by atoms with E-state index < -0.39 is 24.2 Å². The molecule has 7 heteroatoms. The van der Waals surface area contributed by atoms with E-state index in [-0.39, 0.29) is 24.2 Å². The summed E-state index contributed by atoms with van der Waals surface area (Å²) in [6.45, 7) is 2.99. The van der Waals surface area contributed by atoms with E-state index in [9.17, 15) is 23.9 Å². The molecule has 0 spiro atoms. The largest absolute Gasteiger partial charge is 0.478 e. The van der Waals surface area contributed by atoms with Crippen LogP contribution in [0.15, 0.2) is 53.3 Å². The second-order valence-corrected chi connectivity index (χ2v) is 7.63. The van der Waals surface area contributed by atoms with Crippen LogP contribution in [0.1, 0.15) is 65.2 Å². The molecule has 0 fully saturated rings. The van der Waals surface area contributed by atoms with Crippen molar-refractivity contribution >= 4 is 11.9 Å². The standard InChI is InChI=1S/C25H27FN2O4/c1-3-5-10-21-22(15-26)28(23(29)4-2)25(32)27(21)16-17-11-13-18(14-12-17)19-8-6-7-9-20(19)24(30)31/h6-9,11-14H,3-5,10,15-16H2,1-2H3,(H,30,31). The first-order valence-electron chi connectivity index (χ1n) is 10.8. The Morgan fingerprint density at radius 3 is 2.28 bits per heavy atom. The highest BCUT2D eigenvalue weighted by molar-refractivity contribution is 5.96. The van der Waals surface area contributed by atoms with Crippen molar-refractivity contribution in [2.24, 2.45) is 0 Å². The molecule has 32 heavy (non-hydrogen) atoms. The van der Waals surface area contributed by atoms with Crippen LogP contribution in [-0.4, -0.2) is 26.1 Å². The first-order chi connectivity index (χ1) is 15.4. The van der Waals surface area contributed by atoms with Gasteiger partial charge in [0.15, 0.2) is 0 Å². The van der Waals surface area contributed by atoms with Crippen molar-refractivity contribution in [3.8, 4) is 11.1 Å². The van der Waals surface area contributed by atoms with Crippen LogP contribution in [0, 0.1) is 0 Å². The fourth-order valence-electron chi connectivity index (χ4n) is 3.87. The summed E-state index contributed by atoms with van der Waals surface area (Å²) in [5.41, 5.74) is 2.54. The molecule has 1 heterocycles. The third-order valence-electron chi connectivity index (χ3n) is 5.56. The maximum Gasteiger partial charge on any atom is 0.336 e. The van der Waals surface area contributed by atoms with E-state index in [1.807, 2.05) is 19.1 Å². The zero-order chi connectivity index (χ0) is 23.3. The lowest BCUT2D eigenvalue weighted by atomic mass is 9.99. The van der Waals surface area contributed by atoms with Crippen LogP contribution in [0.2, 0.25) is 0 Å². The molecule has 1 N–H and O–H groups in total. The summed E-state index contributed by atoms with van der Waals surface area (Å²) in [5, 5.41) is 9.43. The molecule has 0 aliphatic heterocycles. The number of nitrogens with zero attached hydrogens (tertiary/aromatic N) is 2. The summed E-state index contributed by atoms with van der Waals surface area (Å²) in [7, 11) is 0. The molecule has 0 aliphatic rings. The minimum absolute atomic E-state index is 0.113. The quantitative estimate of drug-likeness (QED) is 0.514. The van der Waals surface area contributed by atoms with E-state index in [1.165, 1.54) is 4.57 Å². The van der Waals surface area contributed by atoms with Crippen molar-refractivity contribution in [3.63, 3.8) is 0 Å². The van der Waals surface area contributed by atoms with Crippen molar-refractivity contribution in [2.75, 3.05) is 0 Å². The number of hydrogen-bond donors (Lipinski definition) is 1. The molecular formula is C25H27FN2O4. The number of carbonyl (C=O) groups excluding carboxylic acids is 1. The first-order valence-corrected chi connectivity index (χ1v) is 10.8. The van der Waals surface area contributed by atoms with Crippen LogP contribution >= 0.6 is 0 Å². The Balaban J connectivity index is 2.00. The fraction of sp³-hybridized carbons (Fsp3) is 0.320. The molecule has 0 aliphatic carbocycles. The number of halogens is 1. The Kier molecular flexibility index (Phi) is 7.41. The van der Waals surface area contributed by atoms with Crippen LogP contribution in [0.5, 0.6) is 0 Å². The maximum absolute atomic E-state index is 13.9. The Morgan fingerprint density at radius 2 is 1.69 bits per heavy atom. The molecule has 0 amide bonds. The summed E-state index contributed by atoms with van der Waals surface area (Å²) in [4.78, 5) is 36.9. The number of carboxylic acid groups (broad SMARTS) is 1. The minimum Gasteiger partial charge on any atom is -0.478 e. The van der Waals surface area contributed by atoms with E-state index in [4.69, 9.17) is 0 Å². The number of benzene rings is 2. The van der Waals surface area contributed by atoms with Crippen molar-refractivity contribution in [2.45, 2.75) is 52.8 Å². The summed E-state index contributed by atoms with van der Waals surface area (Å²) in [5.74, 6) is -1.42. The van der Waals surface area contributed by atoms with Gasteiger partial charge in [0.05, 0.1) is 17.8 Å². The molecule has 0 bridgehead atoms. The monoisotopic (exact) mass is 438 g/mol. The molecule has 3 aromatic rings. The second-order valence-electron chi connectivity index (χ2n) is 7.63. The highest BCUT2D eigenvalue weighted by atomic mass is 19.1. The van der Waals surface area contributed by atoms with E-state index >= 15 is 0 Å². The van der Waals surface area contributed by atoms with E-state index in [0.29, 0.717) is 17.7 Å². The van der Waals surface area contributed by atoms with Gasteiger partial charge in [0.2, 0.25) is 5.91 Å². The number of carboxylic acids is 1. The molecule has 0 saturated heterocycles. The number of carbonyl (C=O) groups is 2. The van der Waals surface area contributed by atoms with Gasteiger partial charge in [-0.15, -0.1) is 0 Å². The predicted molar refractivity (Wildman–Crippen MR) is 121 cm³/mol. The number of aromatic carboxylic acids is 1. The van der Waals surface area contributed by atoms with Crippen molar-refractivity contribution in [1.29, 1.82) is 0 Å². The third-order valence-corrected chi connectivity index (χ3v) is 5.56. The van der Waals surface area contributed by atoms with Crippen LogP contribution in [-0.2, 0) is 19.6 Å². The van der Waals surface area contributed by atoms with Crippen molar-refractivity contribution < 1.29 is 19.1 Å². The highest BCUT2D eigenvalue weighted by Gasteiger charge is 2.23. The van der Waals surface area contributed by atoms with Gasteiger partial charge in [-0.05, 0) is 35.6 Å². The van der Waals surface area contributed by atoms with Gasteiger partial charge in [0.1, 0.15) is 6.67 Å². The summed E-state index contributed by atoms with van der Waals surface area (Å²) >= 11 is 0. The number of hydrogen-bond acceptors (Lipinski definition) is 3. The van der Waals surface area contributed by atoms with E-state index in [1.54, 1.807) is 43.3 Å². The van der Waals surface area contributed by atoms with Crippen molar-refractivity contribution in [3.05, 3.63) is 81.5 Å². The van der Waals surface area contributed by atoms with Gasteiger partial charge in [-0.2, -0.15) is 0 Å². The second kappa shape index (κ2) is 10.2. The van der Waals surface area contributed by atoms with E-state index in [2.05, 4.69) is 0 Å². The molecule has 0 radical (unpaired) electrons. The van der Waals surface area contributed by atoms with E-state index in [0.717, 1.165) is 28.5 Å². The Labute approximate surface area is 185 Å². The normalized spacial score (nSPS) is 11.0. The van der Waals surface area contributed by atoms with Gasteiger partial charge in [-0.25, -0.2) is 18.5 Å². The van der Waals surface area contributed by atoms with Crippen LogP contribution in [0.3, 0.4) is 0 Å². The Morgan fingerprint density at radius 1 is 1.00 bits per heavy atom. The van der Waals surface area contributed by atoms with Crippen LogP contribution in [0.25, 0.3) is 11.1 Å². The van der Waals surface area contributed by atoms with Crippen molar-refractivity contribution in [1.82, 2.24) is 9.13 Å². The molecule has 0 atom stereocenters. The van der Waals surface area contributed by atoms with Gasteiger partial charge in [-0.1, -0.05) is 62.7 Å². The van der Waals surface area contributed by atoms with Gasteiger partial charge in [0, 0.05) is 12.1 Å². The lowest BCUT2D eigenvalue weighted by Crippen LogP contribution is -2.30. The van der Waals surface area contributed by atoms with Gasteiger partial charge < -0.3 is 5.11 Å². The van der Waals surface area contributed by atoms with Gasteiger partial charge >= 0.3 is 11.7 Å². The summed E-state index contributed by atoms with van der Waals surface area (Å²) < 4.78 is 16.3. The number of aromatic nitrogens is 2. The number of rotatable bonds is 9. The summed E-state index contributed by atoms with van der Waals surface area (Å²) in [6, 6.07) is 14.0. The molecule has 168 valence electrons. The minimum atomic E-state index is -1.00. The Hall–Kier alpha value is -3.48. The molecule has 1 aromatic heterocycles. The zero-order valence-corrected chi connectivity index (χ0v) is 18.3. The van der Waals surface area contributed by atoms with Gasteiger partial charge in [-0.3, -0.25) is 9.36 Å². The predicted octanol–water partition coefficient (Wildman–Crippen LogP) is 4.93. The molecule has 6 nitrogen and oxygen atoms in total. The topological polar surface area (TPSA) is 81.3 Å². The molecule has 0 saturated carbocycles. The molecular weight excluding hydrogens is 411 g/mol. The highest BCUT2D eigenvalue weighted by Crippen LogP contribution is 2.25. The third kappa shape index (κ3) is 4.56. The number of alkyl halides is 1. The first kappa shape index (κ1) is 23.2. The Bertz CT molecular complexity index is 1180. The fourth-order valence-corrected chi connectivity index (χ4v) is 3.87. The maximum atomic E-state index is 13.9. The number of imidazole rings is 1. The average molecular weight is 438 g/mol. The van der Waals surface area contributed by atoms with Crippen LogP contribution in [0.4, 0.5) is 4.39 Å². The van der Waals surface area contributed by atoms with Crippen LogP contribution < -0.4 is 5.69 Å². The number of unbranched alkanes of at least 4 members (excludes halogenated alkanes) is 1. The molecule has 3 rings (SSSR count). The molecule has 0 unspecified atom stereocenters. The molecule has 2 aromatic carbocycles.